The molecule has 0 saturated heterocycles. The Morgan fingerprint density at radius 3 is 1.43 bits per heavy atom. The second kappa shape index (κ2) is 8.52. The lowest BCUT2D eigenvalue weighted by Gasteiger charge is -2.25. The van der Waals surface area contributed by atoms with Gasteiger partial charge in [0.1, 0.15) is 0 Å². The molecule has 0 aromatic heterocycles. The van der Waals surface area contributed by atoms with Crippen molar-refractivity contribution in [3.8, 4) is 0 Å². The topological polar surface area (TPSA) is 26.0 Å². The Morgan fingerprint density at radius 1 is 0.609 bits per heavy atom. The predicted molar refractivity (Wildman–Crippen MR) is 100 cm³/mol. The Labute approximate surface area is 144 Å². The van der Waals surface area contributed by atoms with Crippen molar-refractivity contribution in [1.82, 2.24) is 0 Å². The molecule has 0 bridgehead atoms. The Hall–Kier alpha value is -2.09. The molecule has 0 fully saturated rings. The van der Waals surface area contributed by atoms with E-state index in [1.165, 1.54) is 16.7 Å². The summed E-state index contributed by atoms with van der Waals surface area (Å²) in [5.74, 6) is 0.211. The number of rotatable bonds is 5. The van der Waals surface area contributed by atoms with Crippen LogP contribution in [0, 0.1) is 0 Å². The number of nitrogens with two attached hydrogens (primary N) is 1. The highest BCUT2D eigenvalue weighted by Crippen LogP contribution is 2.28. The van der Waals surface area contributed by atoms with Crippen molar-refractivity contribution in [2.24, 2.45) is 5.73 Å². The Bertz CT molecular complexity index is 643. The molecular weight excluding hydrogens is 302 g/mol. The van der Waals surface area contributed by atoms with E-state index in [0.29, 0.717) is 0 Å². The molecule has 0 aliphatic carbocycles. The van der Waals surface area contributed by atoms with E-state index in [1.807, 2.05) is 18.2 Å². The van der Waals surface area contributed by atoms with E-state index in [0.717, 1.165) is 6.42 Å². The molecule has 23 heavy (non-hydrogen) atoms. The minimum absolute atomic E-state index is 0. The largest absolute Gasteiger partial charge is 0.327 e. The summed E-state index contributed by atoms with van der Waals surface area (Å²) in [5.41, 5.74) is 10.4. The van der Waals surface area contributed by atoms with Gasteiger partial charge < -0.3 is 5.73 Å². The number of hydrogen-bond acceptors (Lipinski definition) is 1. The van der Waals surface area contributed by atoms with Crippen molar-refractivity contribution < 1.29 is 0 Å². The van der Waals surface area contributed by atoms with Gasteiger partial charge in [0, 0.05) is 12.0 Å². The van der Waals surface area contributed by atoms with Crippen LogP contribution in [0.15, 0.2) is 91.0 Å². The lowest BCUT2D eigenvalue weighted by atomic mass is 9.83. The summed E-state index contributed by atoms with van der Waals surface area (Å²) in [7, 11) is 0. The summed E-state index contributed by atoms with van der Waals surface area (Å²) >= 11 is 0. The lowest BCUT2D eigenvalue weighted by molar-refractivity contribution is 0.590. The van der Waals surface area contributed by atoms with Gasteiger partial charge >= 0.3 is 0 Å². The fourth-order valence-electron chi connectivity index (χ4n) is 3.01. The van der Waals surface area contributed by atoms with Gasteiger partial charge in [-0.25, -0.2) is 0 Å². The molecule has 0 saturated carbocycles. The van der Waals surface area contributed by atoms with Gasteiger partial charge in [0.15, 0.2) is 0 Å². The normalized spacial score (nSPS) is 11.7. The van der Waals surface area contributed by atoms with Crippen molar-refractivity contribution in [3.05, 3.63) is 108 Å². The Balaban J connectivity index is 0.00000192. The van der Waals surface area contributed by atoms with Gasteiger partial charge in [0.05, 0.1) is 0 Å². The molecule has 0 aliphatic heterocycles. The zero-order chi connectivity index (χ0) is 15.2. The first-order valence-electron chi connectivity index (χ1n) is 7.74. The fourth-order valence-corrected chi connectivity index (χ4v) is 3.01. The van der Waals surface area contributed by atoms with E-state index in [2.05, 4.69) is 72.8 Å². The maximum atomic E-state index is 6.61. The van der Waals surface area contributed by atoms with Crippen LogP contribution in [-0.2, 0) is 6.42 Å². The average molecular weight is 324 g/mol. The summed E-state index contributed by atoms with van der Waals surface area (Å²) in [6, 6.07) is 31.6. The van der Waals surface area contributed by atoms with Crippen molar-refractivity contribution in [2.75, 3.05) is 0 Å². The van der Waals surface area contributed by atoms with Crippen LogP contribution >= 0.6 is 12.4 Å². The molecule has 2 N–H and O–H groups in total. The first-order valence-corrected chi connectivity index (χ1v) is 7.74. The van der Waals surface area contributed by atoms with E-state index >= 15 is 0 Å². The van der Waals surface area contributed by atoms with Gasteiger partial charge in [-0.2, -0.15) is 0 Å². The maximum absolute atomic E-state index is 6.61. The molecule has 1 atom stereocenters. The molecule has 0 spiro atoms. The van der Waals surface area contributed by atoms with Crippen LogP contribution in [-0.4, -0.2) is 6.04 Å². The quantitative estimate of drug-likeness (QED) is 0.716. The number of benzene rings is 3. The summed E-state index contributed by atoms with van der Waals surface area (Å²) < 4.78 is 0. The van der Waals surface area contributed by atoms with Crippen LogP contribution in [0.3, 0.4) is 0 Å². The predicted octanol–water partition coefficient (Wildman–Crippen LogP) is 4.81. The van der Waals surface area contributed by atoms with E-state index in [9.17, 15) is 0 Å². The third-order valence-corrected chi connectivity index (χ3v) is 4.06. The third kappa shape index (κ3) is 4.44. The van der Waals surface area contributed by atoms with Crippen LogP contribution < -0.4 is 5.73 Å². The highest BCUT2D eigenvalue weighted by atomic mass is 35.5. The first kappa shape index (κ1) is 17.3. The van der Waals surface area contributed by atoms with Gasteiger partial charge in [-0.15, -0.1) is 12.4 Å². The van der Waals surface area contributed by atoms with Crippen LogP contribution in [0.25, 0.3) is 0 Å². The van der Waals surface area contributed by atoms with Crippen molar-refractivity contribution >= 4 is 12.4 Å². The van der Waals surface area contributed by atoms with E-state index in [4.69, 9.17) is 5.73 Å². The fraction of sp³-hybridized carbons (Fsp3) is 0.143. The monoisotopic (exact) mass is 323 g/mol. The van der Waals surface area contributed by atoms with Gasteiger partial charge in [0.2, 0.25) is 0 Å². The number of halogens is 1. The van der Waals surface area contributed by atoms with Crippen LogP contribution in [0.2, 0.25) is 0 Å². The minimum Gasteiger partial charge on any atom is -0.327 e. The molecule has 0 radical (unpaired) electrons. The average Bonchev–Trinajstić information content (AvgIpc) is 2.58. The molecule has 3 aromatic rings. The Morgan fingerprint density at radius 2 is 1.00 bits per heavy atom. The van der Waals surface area contributed by atoms with Gasteiger partial charge in [0.25, 0.3) is 0 Å². The smallest absolute Gasteiger partial charge is 0.0244 e. The first-order chi connectivity index (χ1) is 10.8. The maximum Gasteiger partial charge on any atom is 0.0244 e. The molecule has 0 aliphatic rings. The number of hydrogen-bond donors (Lipinski definition) is 1. The minimum atomic E-state index is 0. The van der Waals surface area contributed by atoms with Crippen molar-refractivity contribution in [1.29, 1.82) is 0 Å². The highest BCUT2D eigenvalue weighted by Gasteiger charge is 2.21. The summed E-state index contributed by atoms with van der Waals surface area (Å²) in [5, 5.41) is 0. The lowest BCUT2D eigenvalue weighted by Crippen LogP contribution is -2.31. The van der Waals surface area contributed by atoms with Gasteiger partial charge in [-0.3, -0.25) is 0 Å². The molecule has 3 rings (SSSR count). The molecule has 3 aromatic carbocycles. The Kier molecular flexibility index (Phi) is 6.40. The second-order valence-corrected chi connectivity index (χ2v) is 5.65. The standard InChI is InChI=1S/C21H21N.ClH/c22-20(16-17-10-4-1-5-11-17)21(18-12-6-2-7-13-18)19-14-8-3-9-15-19;/h1-15,20-21H,16,22H2;1H. The summed E-state index contributed by atoms with van der Waals surface area (Å²) in [4.78, 5) is 0. The highest BCUT2D eigenvalue weighted by molar-refractivity contribution is 5.85. The molecule has 0 heterocycles. The SMILES string of the molecule is Cl.NC(Cc1ccccc1)C(c1ccccc1)c1ccccc1. The van der Waals surface area contributed by atoms with E-state index in [-0.39, 0.29) is 24.4 Å². The summed E-state index contributed by atoms with van der Waals surface area (Å²) in [6.07, 6.45) is 0.870. The molecule has 118 valence electrons. The summed E-state index contributed by atoms with van der Waals surface area (Å²) in [6.45, 7) is 0. The van der Waals surface area contributed by atoms with Crippen molar-refractivity contribution in [2.45, 2.75) is 18.4 Å². The zero-order valence-electron chi connectivity index (χ0n) is 13.0. The van der Waals surface area contributed by atoms with E-state index < -0.39 is 0 Å². The van der Waals surface area contributed by atoms with Crippen LogP contribution in [0.5, 0.6) is 0 Å². The van der Waals surface area contributed by atoms with Gasteiger partial charge in [-0.1, -0.05) is 91.0 Å². The van der Waals surface area contributed by atoms with Gasteiger partial charge in [-0.05, 0) is 23.1 Å². The second-order valence-electron chi connectivity index (χ2n) is 5.65. The van der Waals surface area contributed by atoms with E-state index in [1.54, 1.807) is 0 Å². The molecular formula is C21H22ClN. The van der Waals surface area contributed by atoms with Crippen LogP contribution in [0.1, 0.15) is 22.6 Å². The molecule has 0 amide bonds. The zero-order valence-corrected chi connectivity index (χ0v) is 13.8. The molecule has 1 nitrogen and oxygen atoms in total. The molecule has 2 heteroatoms. The third-order valence-electron chi connectivity index (χ3n) is 4.06. The van der Waals surface area contributed by atoms with Crippen LogP contribution in [0.4, 0.5) is 0 Å². The molecule has 1 unspecified atom stereocenters. The van der Waals surface area contributed by atoms with Crippen molar-refractivity contribution in [3.63, 3.8) is 0 Å².